The van der Waals surface area contributed by atoms with E-state index in [2.05, 4.69) is 38.8 Å². The lowest BCUT2D eigenvalue weighted by molar-refractivity contribution is 0.234. The Hall–Kier alpha value is -1.77. The highest BCUT2D eigenvalue weighted by Crippen LogP contribution is 2.50. The van der Waals surface area contributed by atoms with Crippen molar-refractivity contribution in [1.29, 1.82) is 0 Å². The van der Waals surface area contributed by atoms with Crippen LogP contribution in [-0.2, 0) is 0 Å². The van der Waals surface area contributed by atoms with Gasteiger partial charge < -0.3 is 5.11 Å². The molecule has 106 valence electrons. The number of aromatic nitrogens is 2. The quantitative estimate of drug-likeness (QED) is 0.884. The Labute approximate surface area is 120 Å². The number of nitrogens with zero attached hydrogens (tertiary/aromatic N) is 2. The van der Waals surface area contributed by atoms with Crippen molar-refractivity contribution in [1.82, 2.24) is 9.55 Å². The Kier molecular flexibility index (Phi) is 2.89. The van der Waals surface area contributed by atoms with Gasteiger partial charge in [0.15, 0.2) is 0 Å². The minimum Gasteiger partial charge on any atom is -0.480 e. The molecule has 1 aliphatic carbocycles. The van der Waals surface area contributed by atoms with Gasteiger partial charge in [0.1, 0.15) is 0 Å². The van der Waals surface area contributed by atoms with E-state index in [-0.39, 0.29) is 11.4 Å². The van der Waals surface area contributed by atoms with Gasteiger partial charge in [-0.2, -0.15) is 4.98 Å². The van der Waals surface area contributed by atoms with E-state index in [0.29, 0.717) is 11.8 Å². The molecular formula is C17H22N2O. The van der Waals surface area contributed by atoms with Crippen molar-refractivity contribution in [2.45, 2.75) is 34.1 Å². The summed E-state index contributed by atoms with van der Waals surface area (Å²) in [6.07, 6.45) is 3.32. The minimum atomic E-state index is 0.0368. The van der Waals surface area contributed by atoms with E-state index in [1.807, 2.05) is 28.8 Å². The fourth-order valence-corrected chi connectivity index (χ4v) is 3.72. The van der Waals surface area contributed by atoms with E-state index >= 15 is 0 Å². The molecule has 3 heteroatoms. The summed E-state index contributed by atoms with van der Waals surface area (Å²) in [7, 11) is 0. The van der Waals surface area contributed by atoms with Crippen LogP contribution < -0.4 is 0 Å². The zero-order valence-corrected chi connectivity index (χ0v) is 12.6. The van der Waals surface area contributed by atoms with Crippen molar-refractivity contribution in [2.75, 3.05) is 0 Å². The Balaban J connectivity index is 2.15. The Morgan fingerprint density at radius 3 is 2.65 bits per heavy atom. The van der Waals surface area contributed by atoms with Crippen molar-refractivity contribution in [3.8, 4) is 6.01 Å². The molecule has 3 nitrogen and oxygen atoms in total. The van der Waals surface area contributed by atoms with E-state index in [9.17, 15) is 5.11 Å². The SMILES string of the molecule is CC(C)C1CC=C(n2c(O)nc3ccccc32)C1(C)C. The second-order valence-electron chi connectivity index (χ2n) is 6.63. The first-order valence-corrected chi connectivity index (χ1v) is 7.30. The van der Waals surface area contributed by atoms with Crippen LogP contribution in [-0.4, -0.2) is 14.7 Å². The van der Waals surface area contributed by atoms with Gasteiger partial charge >= 0.3 is 0 Å². The number of aromatic hydroxyl groups is 1. The molecule has 3 rings (SSSR count). The van der Waals surface area contributed by atoms with Crippen LogP contribution in [0.1, 0.15) is 34.1 Å². The van der Waals surface area contributed by atoms with Gasteiger partial charge in [-0.3, -0.25) is 4.57 Å². The molecule has 20 heavy (non-hydrogen) atoms. The van der Waals surface area contributed by atoms with Gasteiger partial charge in [0.25, 0.3) is 6.01 Å². The van der Waals surface area contributed by atoms with E-state index in [1.54, 1.807) is 0 Å². The highest BCUT2D eigenvalue weighted by molar-refractivity contribution is 5.82. The summed E-state index contributed by atoms with van der Waals surface area (Å²) in [4.78, 5) is 4.27. The smallest absolute Gasteiger partial charge is 0.299 e. The third kappa shape index (κ3) is 1.76. The standard InChI is InChI=1S/C17H22N2O/c1-11(2)12-9-10-15(17(12,3)4)19-14-8-6-5-7-13(14)18-16(19)20/h5-8,10-12H,9H2,1-4H3,(H,18,20). The van der Waals surface area contributed by atoms with Gasteiger partial charge in [-0.15, -0.1) is 0 Å². The zero-order chi connectivity index (χ0) is 14.5. The molecule has 0 saturated heterocycles. The number of hydrogen-bond acceptors (Lipinski definition) is 2. The Morgan fingerprint density at radius 1 is 1.30 bits per heavy atom. The molecule has 2 aromatic rings. The summed E-state index contributed by atoms with van der Waals surface area (Å²) in [6.45, 7) is 9.08. The van der Waals surface area contributed by atoms with Gasteiger partial charge in [-0.25, -0.2) is 0 Å². The number of allylic oxidation sites excluding steroid dienone is 2. The molecule has 0 amide bonds. The van der Waals surface area contributed by atoms with Crippen molar-refractivity contribution in [2.24, 2.45) is 17.3 Å². The predicted octanol–water partition coefficient (Wildman–Crippen LogP) is 4.28. The molecular weight excluding hydrogens is 248 g/mol. The van der Waals surface area contributed by atoms with Crippen LogP contribution in [0.2, 0.25) is 0 Å². The molecule has 1 unspecified atom stereocenters. The molecule has 1 aliphatic rings. The molecule has 0 spiro atoms. The molecule has 1 N–H and O–H groups in total. The highest BCUT2D eigenvalue weighted by atomic mass is 16.3. The first-order valence-electron chi connectivity index (χ1n) is 7.30. The van der Waals surface area contributed by atoms with E-state index in [4.69, 9.17) is 0 Å². The number of fused-ring (bicyclic) bond motifs is 1. The fraction of sp³-hybridized carbons (Fsp3) is 0.471. The maximum atomic E-state index is 10.3. The summed E-state index contributed by atoms with van der Waals surface area (Å²) in [6, 6.07) is 7.98. The number of benzene rings is 1. The van der Waals surface area contributed by atoms with Crippen molar-refractivity contribution in [3.05, 3.63) is 30.3 Å². The van der Waals surface area contributed by atoms with Crippen LogP contribution in [0.5, 0.6) is 6.01 Å². The summed E-state index contributed by atoms with van der Waals surface area (Å²) >= 11 is 0. The lowest BCUT2D eigenvalue weighted by Gasteiger charge is -2.34. The van der Waals surface area contributed by atoms with Crippen LogP contribution in [0, 0.1) is 17.3 Å². The Morgan fingerprint density at radius 2 is 2.00 bits per heavy atom. The number of rotatable bonds is 2. The number of para-hydroxylation sites is 2. The average molecular weight is 270 g/mol. The van der Waals surface area contributed by atoms with E-state index in [1.165, 1.54) is 5.70 Å². The lowest BCUT2D eigenvalue weighted by Crippen LogP contribution is -2.26. The van der Waals surface area contributed by atoms with Gasteiger partial charge in [0.2, 0.25) is 0 Å². The third-order valence-corrected chi connectivity index (χ3v) is 4.74. The van der Waals surface area contributed by atoms with Crippen molar-refractivity contribution >= 4 is 16.7 Å². The largest absolute Gasteiger partial charge is 0.480 e. The van der Waals surface area contributed by atoms with Crippen molar-refractivity contribution in [3.63, 3.8) is 0 Å². The molecule has 1 heterocycles. The van der Waals surface area contributed by atoms with Gasteiger partial charge in [0, 0.05) is 11.1 Å². The molecule has 0 fully saturated rings. The molecule has 0 bridgehead atoms. The van der Waals surface area contributed by atoms with Crippen LogP contribution >= 0.6 is 0 Å². The monoisotopic (exact) mass is 270 g/mol. The van der Waals surface area contributed by atoms with E-state index in [0.717, 1.165) is 17.5 Å². The van der Waals surface area contributed by atoms with Crippen LogP contribution in [0.15, 0.2) is 30.3 Å². The molecule has 0 saturated carbocycles. The fourth-order valence-electron chi connectivity index (χ4n) is 3.72. The van der Waals surface area contributed by atoms with Crippen molar-refractivity contribution < 1.29 is 5.11 Å². The lowest BCUT2D eigenvalue weighted by atomic mass is 9.74. The summed E-state index contributed by atoms with van der Waals surface area (Å²) in [5.41, 5.74) is 3.03. The van der Waals surface area contributed by atoms with Crippen LogP contribution in [0.25, 0.3) is 16.7 Å². The summed E-state index contributed by atoms with van der Waals surface area (Å²) in [5.74, 6) is 1.22. The first kappa shape index (κ1) is 13.2. The van der Waals surface area contributed by atoms with Crippen LogP contribution in [0.3, 0.4) is 0 Å². The first-order chi connectivity index (χ1) is 9.43. The molecule has 1 atom stereocenters. The highest BCUT2D eigenvalue weighted by Gasteiger charge is 2.40. The molecule has 1 aromatic carbocycles. The zero-order valence-electron chi connectivity index (χ0n) is 12.6. The van der Waals surface area contributed by atoms with E-state index < -0.39 is 0 Å². The second kappa shape index (κ2) is 4.37. The van der Waals surface area contributed by atoms with Gasteiger partial charge in [-0.1, -0.05) is 45.9 Å². The predicted molar refractivity (Wildman–Crippen MR) is 82.4 cm³/mol. The second-order valence-corrected chi connectivity index (χ2v) is 6.63. The normalized spacial score (nSPS) is 21.6. The maximum Gasteiger partial charge on any atom is 0.299 e. The molecule has 0 radical (unpaired) electrons. The topological polar surface area (TPSA) is 38.0 Å². The summed E-state index contributed by atoms with van der Waals surface area (Å²) in [5, 5.41) is 10.3. The Bertz CT molecular complexity index is 679. The third-order valence-electron chi connectivity index (χ3n) is 4.74. The maximum absolute atomic E-state index is 10.3. The molecule has 1 aromatic heterocycles. The number of imidazole rings is 1. The van der Waals surface area contributed by atoms with Crippen LogP contribution in [0.4, 0.5) is 0 Å². The molecule has 0 aliphatic heterocycles. The summed E-state index contributed by atoms with van der Waals surface area (Å²) < 4.78 is 1.91. The van der Waals surface area contributed by atoms with Gasteiger partial charge in [-0.05, 0) is 30.4 Å². The minimum absolute atomic E-state index is 0.0368. The number of hydrogen-bond donors (Lipinski definition) is 1. The van der Waals surface area contributed by atoms with Gasteiger partial charge in [0.05, 0.1) is 11.0 Å². The average Bonchev–Trinajstić information content (AvgIpc) is 2.84.